The van der Waals surface area contributed by atoms with E-state index in [-0.39, 0.29) is 11.7 Å². The Labute approximate surface area is 169 Å². The summed E-state index contributed by atoms with van der Waals surface area (Å²) in [5, 5.41) is 9.15. The molecule has 9 heteroatoms. The first-order valence-corrected chi connectivity index (χ1v) is 11.2. The number of benzene rings is 1. The highest BCUT2D eigenvalue weighted by molar-refractivity contribution is 7.89. The molecule has 0 radical (unpaired) electrons. The lowest BCUT2D eigenvalue weighted by Gasteiger charge is -2.21. The van der Waals surface area contributed by atoms with Crippen LogP contribution in [0.2, 0.25) is 0 Å². The summed E-state index contributed by atoms with van der Waals surface area (Å²) in [6, 6.07) is 7.67. The first-order chi connectivity index (χ1) is 13.9. The van der Waals surface area contributed by atoms with Gasteiger partial charge in [0.25, 0.3) is 0 Å². The number of hydrogen-bond donors (Lipinski definition) is 2. The highest BCUT2D eigenvalue weighted by atomic mass is 32.2. The van der Waals surface area contributed by atoms with Crippen molar-refractivity contribution in [2.24, 2.45) is 13.0 Å². The van der Waals surface area contributed by atoms with Gasteiger partial charge in [-0.1, -0.05) is 12.1 Å². The summed E-state index contributed by atoms with van der Waals surface area (Å²) < 4.78 is 28.9. The lowest BCUT2D eigenvalue weighted by atomic mass is 9.98. The third-order valence-corrected chi connectivity index (χ3v) is 6.31. The summed E-state index contributed by atoms with van der Waals surface area (Å²) in [4.78, 5) is 16.5. The van der Waals surface area contributed by atoms with Crippen LogP contribution in [0.3, 0.4) is 0 Å². The summed E-state index contributed by atoms with van der Waals surface area (Å²) in [5.74, 6) is -1.03. The van der Waals surface area contributed by atoms with Gasteiger partial charge >= 0.3 is 0 Å². The van der Waals surface area contributed by atoms with Crippen LogP contribution in [0.15, 0.2) is 42.9 Å². The van der Waals surface area contributed by atoms with E-state index < -0.39 is 15.9 Å². The van der Waals surface area contributed by atoms with Gasteiger partial charge in [0.15, 0.2) is 0 Å². The zero-order chi connectivity index (χ0) is 20.4. The van der Waals surface area contributed by atoms with Crippen LogP contribution in [-0.4, -0.2) is 42.2 Å². The molecule has 4 rings (SSSR count). The smallest absolute Gasteiger partial charge is 0.240 e. The van der Waals surface area contributed by atoms with Gasteiger partial charge in [-0.3, -0.25) is 19.2 Å². The van der Waals surface area contributed by atoms with Crippen LogP contribution in [0, 0.1) is 5.92 Å². The van der Waals surface area contributed by atoms with Crippen molar-refractivity contribution in [1.82, 2.24) is 24.8 Å². The average molecular weight is 414 g/mol. The topological polar surface area (TPSA) is 106 Å². The van der Waals surface area contributed by atoms with Crippen LogP contribution in [0.4, 0.5) is 0 Å². The summed E-state index contributed by atoms with van der Waals surface area (Å²) >= 11 is 0. The van der Waals surface area contributed by atoms with Crippen molar-refractivity contribution < 1.29 is 13.2 Å². The van der Waals surface area contributed by atoms with E-state index in [4.69, 9.17) is 0 Å². The summed E-state index contributed by atoms with van der Waals surface area (Å²) in [7, 11) is -1.95. The molecule has 1 aliphatic heterocycles. The molecule has 0 unspecified atom stereocenters. The zero-order valence-electron chi connectivity index (χ0n) is 16.1. The van der Waals surface area contributed by atoms with Crippen LogP contribution in [-0.2, 0) is 27.6 Å². The van der Waals surface area contributed by atoms with Crippen LogP contribution in [0.5, 0.6) is 0 Å². The number of aromatic nitrogens is 3. The second-order valence-corrected chi connectivity index (χ2v) is 9.11. The van der Waals surface area contributed by atoms with Gasteiger partial charge in [-0.15, -0.1) is 0 Å². The fourth-order valence-electron chi connectivity index (χ4n) is 3.57. The van der Waals surface area contributed by atoms with Crippen molar-refractivity contribution in [2.45, 2.75) is 18.6 Å². The second kappa shape index (κ2) is 7.92. The lowest BCUT2D eigenvalue weighted by Crippen LogP contribution is -2.41. The SMILES string of the molecule is Cn1cc(-c2ccc3cnc(CS(=O)(=O)NC(=O)C4CCNCC4)cc3c2)cn1. The Balaban J connectivity index is 1.53. The molecular formula is C20H23N5O3S. The van der Waals surface area contributed by atoms with Gasteiger partial charge in [0.05, 0.1) is 11.9 Å². The molecule has 3 aromatic rings. The molecule has 0 saturated carbocycles. The Bertz CT molecular complexity index is 1150. The molecule has 152 valence electrons. The minimum Gasteiger partial charge on any atom is -0.317 e. The zero-order valence-corrected chi connectivity index (χ0v) is 16.9. The molecule has 1 saturated heterocycles. The molecule has 2 aromatic heterocycles. The van der Waals surface area contributed by atoms with Crippen LogP contribution >= 0.6 is 0 Å². The second-order valence-electron chi connectivity index (χ2n) is 7.39. The molecule has 0 bridgehead atoms. The minimum atomic E-state index is -3.81. The van der Waals surface area contributed by atoms with Gasteiger partial charge in [-0.25, -0.2) is 8.42 Å². The normalized spacial score (nSPS) is 15.5. The van der Waals surface area contributed by atoms with E-state index in [9.17, 15) is 13.2 Å². The number of amides is 1. The molecule has 3 heterocycles. The number of sulfonamides is 1. The number of carbonyl (C=O) groups excluding carboxylic acids is 1. The monoisotopic (exact) mass is 413 g/mol. The van der Waals surface area contributed by atoms with Crippen molar-refractivity contribution in [2.75, 3.05) is 13.1 Å². The number of piperidine rings is 1. The Morgan fingerprint density at radius 1 is 1.17 bits per heavy atom. The predicted molar refractivity (Wildman–Crippen MR) is 110 cm³/mol. The number of carbonyl (C=O) groups is 1. The van der Waals surface area contributed by atoms with E-state index in [1.807, 2.05) is 31.4 Å². The molecule has 0 aliphatic carbocycles. The number of nitrogens with zero attached hydrogens (tertiary/aromatic N) is 3. The molecule has 1 amide bonds. The summed E-state index contributed by atoms with van der Waals surface area (Å²) in [5.41, 5.74) is 2.37. The predicted octanol–water partition coefficient (Wildman–Crippen LogP) is 1.58. The maximum absolute atomic E-state index is 12.5. The van der Waals surface area contributed by atoms with E-state index in [2.05, 4.69) is 20.1 Å². The number of rotatable bonds is 5. The highest BCUT2D eigenvalue weighted by Gasteiger charge is 2.25. The van der Waals surface area contributed by atoms with Gasteiger partial charge in [0.2, 0.25) is 15.9 Å². The fraction of sp³-hybridized carbons (Fsp3) is 0.350. The molecular weight excluding hydrogens is 390 g/mol. The van der Waals surface area contributed by atoms with Crippen molar-refractivity contribution in [3.8, 4) is 11.1 Å². The Hall–Kier alpha value is -2.78. The molecule has 1 aromatic carbocycles. The van der Waals surface area contributed by atoms with Gasteiger partial charge in [0.1, 0.15) is 5.75 Å². The van der Waals surface area contributed by atoms with Gasteiger partial charge in [0, 0.05) is 36.3 Å². The van der Waals surface area contributed by atoms with Gasteiger partial charge < -0.3 is 5.32 Å². The first kappa shape index (κ1) is 19.5. The van der Waals surface area contributed by atoms with Crippen molar-refractivity contribution in [3.05, 3.63) is 48.5 Å². The Morgan fingerprint density at radius 2 is 1.97 bits per heavy atom. The van der Waals surface area contributed by atoms with Crippen LogP contribution in [0.25, 0.3) is 21.9 Å². The molecule has 0 atom stereocenters. The minimum absolute atomic E-state index is 0.266. The maximum atomic E-state index is 12.5. The van der Waals surface area contributed by atoms with E-state index in [0.717, 1.165) is 35.0 Å². The largest absolute Gasteiger partial charge is 0.317 e. The fourth-order valence-corrected chi connectivity index (χ4v) is 4.66. The highest BCUT2D eigenvalue weighted by Crippen LogP contribution is 2.24. The first-order valence-electron chi connectivity index (χ1n) is 9.52. The number of nitrogens with one attached hydrogen (secondary N) is 2. The lowest BCUT2D eigenvalue weighted by molar-refractivity contribution is -0.123. The molecule has 1 aliphatic rings. The molecule has 1 fully saturated rings. The van der Waals surface area contributed by atoms with Crippen LogP contribution < -0.4 is 10.0 Å². The van der Waals surface area contributed by atoms with Crippen molar-refractivity contribution in [3.63, 3.8) is 0 Å². The standard InChI is InChI=1S/C20H23N5O3S/c1-25-12-18(11-23-25)15-2-3-16-10-22-19(9-17(16)8-15)13-29(27,28)24-20(26)14-4-6-21-7-5-14/h2-3,8-12,14,21H,4-7,13H2,1H3,(H,24,26). The molecule has 29 heavy (non-hydrogen) atoms. The van der Waals surface area contributed by atoms with Crippen molar-refractivity contribution in [1.29, 1.82) is 0 Å². The summed E-state index contributed by atoms with van der Waals surface area (Å²) in [6.07, 6.45) is 6.65. The maximum Gasteiger partial charge on any atom is 0.240 e. The molecule has 0 spiro atoms. The Morgan fingerprint density at radius 3 is 2.69 bits per heavy atom. The van der Waals surface area contributed by atoms with E-state index >= 15 is 0 Å². The number of fused-ring (bicyclic) bond motifs is 1. The summed E-state index contributed by atoms with van der Waals surface area (Å²) in [6.45, 7) is 1.45. The average Bonchev–Trinajstić information content (AvgIpc) is 3.14. The third-order valence-electron chi connectivity index (χ3n) is 5.12. The van der Waals surface area contributed by atoms with Gasteiger partial charge in [-0.2, -0.15) is 5.10 Å². The number of aryl methyl sites for hydroxylation is 1. The van der Waals surface area contributed by atoms with Crippen molar-refractivity contribution >= 4 is 26.7 Å². The van der Waals surface area contributed by atoms with Gasteiger partial charge in [-0.05, 0) is 49.0 Å². The third kappa shape index (κ3) is 4.63. The van der Waals surface area contributed by atoms with E-state index in [1.54, 1.807) is 23.1 Å². The number of pyridine rings is 1. The van der Waals surface area contributed by atoms with E-state index in [0.29, 0.717) is 18.5 Å². The Kier molecular flexibility index (Phi) is 5.33. The van der Waals surface area contributed by atoms with Crippen LogP contribution in [0.1, 0.15) is 18.5 Å². The number of hydrogen-bond acceptors (Lipinski definition) is 6. The molecule has 2 N–H and O–H groups in total. The molecule has 8 nitrogen and oxygen atoms in total. The van der Waals surface area contributed by atoms with E-state index in [1.165, 1.54) is 0 Å². The quantitative estimate of drug-likeness (QED) is 0.658.